The SMILES string of the molecule is COCOc1ccc2ccccc2c1-c1c(OCCN(CCOc2ccc3ccccc3c2-c2c(OCOC)ccc3ccccc23)S(=O)(=O)c2ccc([N+](=O)[O-])cc2)ccc2ccccc12. The van der Waals surface area contributed by atoms with E-state index < -0.39 is 14.9 Å². The molecule has 0 saturated carbocycles. The van der Waals surface area contributed by atoms with Gasteiger partial charge in [0.2, 0.25) is 10.0 Å². The van der Waals surface area contributed by atoms with Crippen LogP contribution in [0.5, 0.6) is 23.0 Å². The Kier molecular flexibility index (Phi) is 13.3. The number of hydrogen-bond donors (Lipinski definition) is 0. The van der Waals surface area contributed by atoms with Gasteiger partial charge in [0.25, 0.3) is 5.69 Å². The molecule has 0 amide bonds. The Balaban J connectivity index is 1.08. The van der Waals surface area contributed by atoms with Crippen molar-refractivity contribution in [3.05, 3.63) is 180 Å². The summed E-state index contributed by atoms with van der Waals surface area (Å²) in [6.45, 7) is -0.271. The van der Waals surface area contributed by atoms with Gasteiger partial charge in [0.05, 0.1) is 9.82 Å². The highest BCUT2D eigenvalue weighted by atomic mass is 32.2. The number of nitrogens with zero attached hydrogens (tertiary/aromatic N) is 2. The number of hydrogen-bond acceptors (Lipinski definition) is 10. The zero-order valence-electron chi connectivity index (χ0n) is 36.8. The molecule has 67 heavy (non-hydrogen) atoms. The molecule has 0 saturated heterocycles. The lowest BCUT2D eigenvalue weighted by atomic mass is 9.92. The molecule has 0 radical (unpaired) electrons. The van der Waals surface area contributed by atoms with Crippen LogP contribution in [0.4, 0.5) is 5.69 Å². The maximum Gasteiger partial charge on any atom is 0.269 e. The first-order chi connectivity index (χ1) is 32.8. The highest BCUT2D eigenvalue weighted by Crippen LogP contribution is 2.47. The Morgan fingerprint density at radius 1 is 0.448 bits per heavy atom. The van der Waals surface area contributed by atoms with Crippen LogP contribution in [0.15, 0.2) is 175 Å². The molecule has 9 aromatic rings. The number of rotatable bonds is 19. The summed E-state index contributed by atoms with van der Waals surface area (Å²) in [4.78, 5) is 10.9. The van der Waals surface area contributed by atoms with E-state index in [2.05, 4.69) is 0 Å². The number of nitro groups is 1. The molecule has 0 N–H and O–H groups in total. The third kappa shape index (κ3) is 9.18. The highest BCUT2D eigenvalue weighted by molar-refractivity contribution is 7.89. The molecule has 0 fully saturated rings. The molecule has 0 spiro atoms. The molecule has 0 aliphatic rings. The van der Waals surface area contributed by atoms with E-state index >= 15 is 0 Å². The van der Waals surface area contributed by atoms with Crippen molar-refractivity contribution in [2.24, 2.45) is 0 Å². The van der Waals surface area contributed by atoms with Gasteiger partial charge in [-0.05, 0) is 79.5 Å². The van der Waals surface area contributed by atoms with E-state index in [4.69, 9.17) is 28.4 Å². The van der Waals surface area contributed by atoms with Crippen LogP contribution in [-0.2, 0) is 19.5 Å². The molecule has 0 bridgehead atoms. The number of ether oxygens (including phenoxy) is 6. The minimum atomic E-state index is -4.25. The highest BCUT2D eigenvalue weighted by Gasteiger charge is 2.27. The molecule has 0 unspecified atom stereocenters. The summed E-state index contributed by atoms with van der Waals surface area (Å²) in [6, 6.07) is 52.4. The lowest BCUT2D eigenvalue weighted by Gasteiger charge is -2.24. The fraction of sp³-hybridized carbons (Fsp3) is 0.148. The van der Waals surface area contributed by atoms with Crippen LogP contribution in [0.25, 0.3) is 65.3 Å². The second kappa shape index (κ2) is 19.9. The van der Waals surface area contributed by atoms with Crippen LogP contribution in [0.3, 0.4) is 0 Å². The number of sulfonamides is 1. The lowest BCUT2D eigenvalue weighted by molar-refractivity contribution is -0.384. The smallest absolute Gasteiger partial charge is 0.269 e. The molecular formula is C54H46N2O10S. The molecule has 338 valence electrons. The predicted octanol–water partition coefficient (Wildman–Crippen LogP) is 11.7. The monoisotopic (exact) mass is 914 g/mol. The summed E-state index contributed by atoms with van der Waals surface area (Å²) in [6.07, 6.45) is 0. The van der Waals surface area contributed by atoms with E-state index in [0.717, 1.165) is 65.3 Å². The average molecular weight is 915 g/mol. The third-order valence-corrected chi connectivity index (χ3v) is 13.5. The van der Waals surface area contributed by atoms with E-state index in [1.165, 1.54) is 28.6 Å². The maximum absolute atomic E-state index is 14.6. The number of benzene rings is 9. The van der Waals surface area contributed by atoms with Gasteiger partial charge in [-0.15, -0.1) is 0 Å². The maximum atomic E-state index is 14.6. The van der Waals surface area contributed by atoms with E-state index in [0.29, 0.717) is 23.0 Å². The topological polar surface area (TPSA) is 136 Å². The standard InChI is InChI=1S/C54H46N2O10S/c1-61-35-65-49-29-21-39-13-5-9-17-45(39)53(49)51-43-15-7-3-11-37(43)19-27-47(51)63-33-31-55(67(59,60)42-25-23-41(24-26-42)56(57)58)32-34-64-48-28-20-38-12-4-8-16-44(38)52(48)54-46-18-10-6-14-40(46)22-30-50(54)66-36-62-2/h3-30H,31-36H2,1-2H3. The largest absolute Gasteiger partial charge is 0.492 e. The average Bonchev–Trinajstić information content (AvgIpc) is 3.36. The Morgan fingerprint density at radius 2 is 0.776 bits per heavy atom. The normalized spacial score (nSPS) is 11.7. The zero-order chi connectivity index (χ0) is 46.3. The first-order valence-electron chi connectivity index (χ1n) is 21.6. The fourth-order valence-electron chi connectivity index (χ4n) is 8.52. The summed E-state index contributed by atoms with van der Waals surface area (Å²) in [5.41, 5.74) is 2.94. The Morgan fingerprint density at radius 3 is 1.10 bits per heavy atom. The van der Waals surface area contributed by atoms with Gasteiger partial charge in [-0.2, -0.15) is 4.31 Å². The summed E-state index contributed by atoms with van der Waals surface area (Å²) in [5, 5.41) is 19.2. The zero-order valence-corrected chi connectivity index (χ0v) is 37.6. The molecule has 13 heteroatoms. The second-order valence-corrected chi connectivity index (χ2v) is 17.5. The van der Waals surface area contributed by atoms with Gasteiger partial charge >= 0.3 is 0 Å². The van der Waals surface area contributed by atoms with Crippen LogP contribution in [0.1, 0.15) is 0 Å². The van der Waals surface area contributed by atoms with E-state index in [1.54, 1.807) is 14.2 Å². The molecule has 0 aromatic heterocycles. The summed E-state index contributed by atoms with van der Waals surface area (Å²) in [5.74, 6) is 2.22. The van der Waals surface area contributed by atoms with Crippen molar-refractivity contribution in [3.63, 3.8) is 0 Å². The molecular weight excluding hydrogens is 869 g/mol. The van der Waals surface area contributed by atoms with E-state index in [1.807, 2.05) is 146 Å². The van der Waals surface area contributed by atoms with Gasteiger partial charge in [0, 0.05) is 61.7 Å². The van der Waals surface area contributed by atoms with Gasteiger partial charge in [0.1, 0.15) is 36.2 Å². The molecule has 9 aromatic carbocycles. The van der Waals surface area contributed by atoms with Crippen molar-refractivity contribution < 1.29 is 41.8 Å². The van der Waals surface area contributed by atoms with Crippen molar-refractivity contribution >= 4 is 58.8 Å². The molecule has 0 aliphatic heterocycles. The minimum Gasteiger partial charge on any atom is -0.492 e. The number of nitro benzene ring substituents is 1. The van der Waals surface area contributed by atoms with Crippen LogP contribution in [0, 0.1) is 10.1 Å². The summed E-state index contributed by atoms with van der Waals surface area (Å²) >= 11 is 0. The van der Waals surface area contributed by atoms with Crippen molar-refractivity contribution in [2.45, 2.75) is 4.90 Å². The van der Waals surface area contributed by atoms with Crippen LogP contribution in [0.2, 0.25) is 0 Å². The molecule has 0 aliphatic carbocycles. The van der Waals surface area contributed by atoms with Crippen LogP contribution < -0.4 is 18.9 Å². The van der Waals surface area contributed by atoms with Gasteiger partial charge in [0.15, 0.2) is 13.6 Å². The van der Waals surface area contributed by atoms with Crippen LogP contribution >= 0.6 is 0 Å². The summed E-state index contributed by atoms with van der Waals surface area (Å²) < 4.78 is 66.7. The molecule has 9 rings (SSSR count). The Hall–Kier alpha value is -7.55. The van der Waals surface area contributed by atoms with Gasteiger partial charge in [-0.1, -0.05) is 121 Å². The number of fused-ring (bicyclic) bond motifs is 4. The van der Waals surface area contributed by atoms with Gasteiger partial charge < -0.3 is 28.4 Å². The second-order valence-electron chi connectivity index (χ2n) is 15.6. The Bertz CT molecular complexity index is 3180. The van der Waals surface area contributed by atoms with Gasteiger partial charge in [-0.3, -0.25) is 10.1 Å². The fourth-order valence-corrected chi connectivity index (χ4v) is 9.93. The first kappa shape index (κ1) is 44.6. The van der Waals surface area contributed by atoms with E-state index in [-0.39, 0.29) is 50.5 Å². The molecule has 0 atom stereocenters. The third-order valence-electron chi connectivity index (χ3n) is 11.6. The predicted molar refractivity (Wildman–Crippen MR) is 262 cm³/mol. The van der Waals surface area contributed by atoms with Crippen molar-refractivity contribution in [1.29, 1.82) is 0 Å². The summed E-state index contributed by atoms with van der Waals surface area (Å²) in [7, 11) is -1.12. The minimum absolute atomic E-state index is 0.0230. The Labute approximate surface area is 387 Å². The quantitative estimate of drug-likeness (QED) is 0.0438. The first-order valence-corrected chi connectivity index (χ1v) is 23.0. The molecule has 0 heterocycles. The van der Waals surface area contributed by atoms with E-state index in [9.17, 15) is 18.5 Å². The molecule has 12 nitrogen and oxygen atoms in total. The van der Waals surface area contributed by atoms with Gasteiger partial charge in [-0.25, -0.2) is 8.42 Å². The lowest BCUT2D eigenvalue weighted by Crippen LogP contribution is -2.37. The number of non-ortho nitro benzene ring substituents is 1. The van der Waals surface area contributed by atoms with Crippen molar-refractivity contribution in [2.75, 3.05) is 54.1 Å². The van der Waals surface area contributed by atoms with Crippen molar-refractivity contribution in [1.82, 2.24) is 4.31 Å². The van der Waals surface area contributed by atoms with Crippen LogP contribution in [-0.4, -0.2) is 71.8 Å². The van der Waals surface area contributed by atoms with Crippen molar-refractivity contribution in [3.8, 4) is 45.3 Å². The number of methoxy groups -OCH3 is 2.